The van der Waals surface area contributed by atoms with Gasteiger partial charge >= 0.3 is 6.18 Å². The fraction of sp³-hybridized carbons (Fsp3) is 0.385. The molecule has 1 N–H and O–H groups in total. The Bertz CT molecular complexity index is 1040. The summed E-state index contributed by atoms with van der Waals surface area (Å²) in [6.07, 6.45) is 1.82. The van der Waals surface area contributed by atoms with E-state index >= 15 is 0 Å². The lowest BCUT2D eigenvalue weighted by atomic mass is 9.93. The zero-order valence-electron chi connectivity index (χ0n) is 18.7. The summed E-state index contributed by atoms with van der Waals surface area (Å²) in [4.78, 5) is 28.1. The molecule has 0 aromatic heterocycles. The van der Waals surface area contributed by atoms with E-state index in [-0.39, 0.29) is 29.7 Å². The summed E-state index contributed by atoms with van der Waals surface area (Å²) in [6, 6.07) is 14.6. The third-order valence-electron chi connectivity index (χ3n) is 6.25. The van der Waals surface area contributed by atoms with Crippen LogP contribution in [0.25, 0.3) is 6.08 Å². The van der Waals surface area contributed by atoms with Crippen LogP contribution in [0.1, 0.15) is 42.4 Å². The van der Waals surface area contributed by atoms with E-state index in [0.29, 0.717) is 23.4 Å². The highest BCUT2D eigenvalue weighted by Gasteiger charge is 2.41. The molecule has 0 bridgehead atoms. The summed E-state index contributed by atoms with van der Waals surface area (Å²) >= 11 is 1.49. The van der Waals surface area contributed by atoms with Gasteiger partial charge in [0.15, 0.2) is 0 Å². The molecule has 8 heteroatoms. The smallest absolute Gasteiger partial charge is 0.354 e. The molecule has 4 rings (SSSR count). The molecule has 1 aliphatic carbocycles. The Morgan fingerprint density at radius 1 is 1.06 bits per heavy atom. The quantitative estimate of drug-likeness (QED) is 0.562. The molecule has 2 atom stereocenters. The number of alkyl halides is 3. The third kappa shape index (κ3) is 6.03. The molecule has 2 unspecified atom stereocenters. The van der Waals surface area contributed by atoms with Crippen LogP contribution < -0.4 is 5.32 Å². The number of rotatable bonds is 6. The Morgan fingerprint density at radius 3 is 2.47 bits per heavy atom. The van der Waals surface area contributed by atoms with E-state index in [2.05, 4.69) is 5.32 Å². The highest BCUT2D eigenvalue weighted by molar-refractivity contribution is 8.04. The van der Waals surface area contributed by atoms with Crippen molar-refractivity contribution in [1.82, 2.24) is 10.2 Å². The Labute approximate surface area is 201 Å². The Kier molecular flexibility index (Phi) is 7.66. The zero-order valence-corrected chi connectivity index (χ0v) is 19.5. The van der Waals surface area contributed by atoms with Gasteiger partial charge in [-0.2, -0.15) is 13.2 Å². The lowest BCUT2D eigenvalue weighted by Gasteiger charge is -2.43. The molecule has 0 spiro atoms. The highest BCUT2D eigenvalue weighted by atomic mass is 32.2. The minimum atomic E-state index is -4.40. The van der Waals surface area contributed by atoms with Crippen molar-refractivity contribution >= 4 is 29.7 Å². The number of benzene rings is 2. The summed E-state index contributed by atoms with van der Waals surface area (Å²) in [5, 5.41) is 3.10. The molecule has 1 heterocycles. The number of carbonyl (C=O) groups is 2. The van der Waals surface area contributed by atoms with Crippen LogP contribution in [0.15, 0.2) is 59.5 Å². The summed E-state index contributed by atoms with van der Waals surface area (Å²) in [7, 11) is 0. The van der Waals surface area contributed by atoms with Crippen molar-refractivity contribution in [1.29, 1.82) is 0 Å². The second-order valence-corrected chi connectivity index (χ2v) is 9.94. The van der Waals surface area contributed by atoms with Crippen LogP contribution in [0.5, 0.6) is 0 Å². The number of hydrogen-bond acceptors (Lipinski definition) is 3. The van der Waals surface area contributed by atoms with Gasteiger partial charge in [-0.3, -0.25) is 9.59 Å². The number of thioether (sulfide) groups is 1. The molecule has 0 radical (unpaired) electrons. The fourth-order valence-corrected chi connectivity index (χ4v) is 5.96. The van der Waals surface area contributed by atoms with E-state index in [1.54, 1.807) is 11.0 Å². The number of nitrogens with zero attached hydrogens (tertiary/aromatic N) is 1. The topological polar surface area (TPSA) is 49.4 Å². The number of fused-ring (bicyclic) bond motifs is 1. The SMILES string of the molecule is O=C(CN1C(=O)/C(=C\c2ccc(C(F)(F)F)cc2)SC2CCCCC21)NCCc1ccccc1. The molecule has 180 valence electrons. The first kappa shape index (κ1) is 24.4. The van der Waals surface area contributed by atoms with Crippen molar-refractivity contribution in [3.05, 3.63) is 76.2 Å². The number of halogens is 3. The predicted octanol–water partition coefficient (Wildman–Crippen LogP) is 5.29. The monoisotopic (exact) mass is 488 g/mol. The van der Waals surface area contributed by atoms with Crippen LogP contribution in [0.3, 0.4) is 0 Å². The van der Waals surface area contributed by atoms with Gasteiger partial charge in [-0.05, 0) is 48.6 Å². The second kappa shape index (κ2) is 10.7. The summed E-state index contributed by atoms with van der Waals surface area (Å²) in [5.74, 6) is -0.430. The highest BCUT2D eigenvalue weighted by Crippen LogP contribution is 2.42. The average Bonchev–Trinajstić information content (AvgIpc) is 2.82. The molecule has 2 aromatic carbocycles. The van der Waals surface area contributed by atoms with E-state index in [4.69, 9.17) is 0 Å². The summed E-state index contributed by atoms with van der Waals surface area (Å²) in [6.45, 7) is 0.474. The standard InChI is InChI=1S/C26H27F3N2O2S/c27-26(28,29)20-12-10-19(11-13-20)16-23-25(33)31(21-8-4-5-9-22(21)34-23)17-24(32)30-15-14-18-6-2-1-3-7-18/h1-3,6-7,10-13,16,21-22H,4-5,8-9,14-15,17H2,(H,30,32)/b23-16+. The number of carbonyl (C=O) groups excluding carboxylic acids is 2. The van der Waals surface area contributed by atoms with Gasteiger partial charge in [-0.15, -0.1) is 11.8 Å². The van der Waals surface area contributed by atoms with Gasteiger partial charge in [0.1, 0.15) is 6.54 Å². The molecular formula is C26H27F3N2O2S. The van der Waals surface area contributed by atoms with Crippen LogP contribution in [-0.4, -0.2) is 41.1 Å². The first-order chi connectivity index (χ1) is 16.3. The summed E-state index contributed by atoms with van der Waals surface area (Å²) in [5.41, 5.74) is 0.936. The molecule has 2 aliphatic rings. The maximum atomic E-state index is 13.3. The van der Waals surface area contributed by atoms with Gasteiger partial charge in [-0.25, -0.2) is 0 Å². The van der Waals surface area contributed by atoms with E-state index in [0.717, 1.165) is 43.4 Å². The Balaban J connectivity index is 1.45. The van der Waals surface area contributed by atoms with Gasteiger partial charge in [0.2, 0.25) is 5.91 Å². The van der Waals surface area contributed by atoms with Crippen LogP contribution >= 0.6 is 11.8 Å². The van der Waals surface area contributed by atoms with Crippen LogP contribution in [0.2, 0.25) is 0 Å². The van der Waals surface area contributed by atoms with Gasteiger partial charge in [0, 0.05) is 17.8 Å². The minimum absolute atomic E-state index is 0.00382. The van der Waals surface area contributed by atoms with Crippen LogP contribution in [-0.2, 0) is 22.2 Å². The third-order valence-corrected chi connectivity index (χ3v) is 7.65. The molecule has 1 aliphatic heterocycles. The van der Waals surface area contributed by atoms with Gasteiger partial charge in [0.25, 0.3) is 5.91 Å². The first-order valence-corrected chi connectivity index (χ1v) is 12.4. The zero-order chi connectivity index (χ0) is 24.1. The van der Waals surface area contributed by atoms with Crippen molar-refractivity contribution in [3.63, 3.8) is 0 Å². The molecule has 4 nitrogen and oxygen atoms in total. The van der Waals surface area contributed by atoms with E-state index in [9.17, 15) is 22.8 Å². The molecule has 1 saturated heterocycles. The molecule has 2 fully saturated rings. The molecule has 2 amide bonds. The predicted molar refractivity (Wildman–Crippen MR) is 128 cm³/mol. The van der Waals surface area contributed by atoms with Crippen molar-refractivity contribution in [2.24, 2.45) is 0 Å². The van der Waals surface area contributed by atoms with Gasteiger partial charge in [-0.1, -0.05) is 55.3 Å². The molecule has 1 saturated carbocycles. The lowest BCUT2D eigenvalue weighted by Crippen LogP contribution is -2.54. The van der Waals surface area contributed by atoms with Crippen molar-refractivity contribution in [3.8, 4) is 0 Å². The van der Waals surface area contributed by atoms with Crippen LogP contribution in [0.4, 0.5) is 13.2 Å². The minimum Gasteiger partial charge on any atom is -0.354 e. The van der Waals surface area contributed by atoms with E-state index < -0.39 is 11.7 Å². The Morgan fingerprint density at radius 2 is 1.76 bits per heavy atom. The van der Waals surface area contributed by atoms with Crippen LogP contribution in [0, 0.1) is 0 Å². The van der Waals surface area contributed by atoms with Crippen molar-refractivity contribution in [2.75, 3.05) is 13.1 Å². The van der Waals surface area contributed by atoms with Gasteiger partial charge in [0.05, 0.1) is 10.5 Å². The number of hydrogen-bond donors (Lipinski definition) is 1. The largest absolute Gasteiger partial charge is 0.416 e. The molecular weight excluding hydrogens is 461 g/mol. The molecule has 2 aromatic rings. The molecule has 34 heavy (non-hydrogen) atoms. The lowest BCUT2D eigenvalue weighted by molar-refractivity contribution is -0.137. The van der Waals surface area contributed by atoms with Crippen molar-refractivity contribution < 1.29 is 22.8 Å². The average molecular weight is 489 g/mol. The van der Waals surface area contributed by atoms with Gasteiger partial charge < -0.3 is 10.2 Å². The fourth-order valence-electron chi connectivity index (χ4n) is 4.48. The first-order valence-electron chi connectivity index (χ1n) is 11.5. The maximum absolute atomic E-state index is 13.3. The van der Waals surface area contributed by atoms with E-state index in [1.807, 2.05) is 30.3 Å². The normalized spacial score (nSPS) is 21.9. The van der Waals surface area contributed by atoms with E-state index in [1.165, 1.54) is 23.9 Å². The number of amides is 2. The van der Waals surface area contributed by atoms with Crippen molar-refractivity contribution in [2.45, 2.75) is 49.6 Å². The Hall–Kier alpha value is -2.74. The summed E-state index contributed by atoms with van der Waals surface area (Å²) < 4.78 is 38.6. The maximum Gasteiger partial charge on any atom is 0.416 e. The number of nitrogens with one attached hydrogen (secondary N) is 1. The second-order valence-electron chi connectivity index (χ2n) is 8.66.